The maximum atomic E-state index is 5.47. The molecule has 0 amide bonds. The summed E-state index contributed by atoms with van der Waals surface area (Å²) in [6.07, 6.45) is 6.81. The van der Waals surface area contributed by atoms with Crippen LogP contribution in [-0.4, -0.2) is 28.2 Å². The van der Waals surface area contributed by atoms with E-state index in [0.717, 1.165) is 30.1 Å². The van der Waals surface area contributed by atoms with Crippen molar-refractivity contribution in [1.29, 1.82) is 0 Å². The van der Waals surface area contributed by atoms with E-state index in [-0.39, 0.29) is 6.04 Å². The molecule has 0 unspecified atom stereocenters. The number of fused-ring (bicyclic) bond motifs is 1. The van der Waals surface area contributed by atoms with Crippen molar-refractivity contribution in [2.45, 2.75) is 19.4 Å². The first-order valence-electron chi connectivity index (χ1n) is 7.54. The van der Waals surface area contributed by atoms with Crippen LogP contribution in [0.5, 0.6) is 5.75 Å². The highest BCUT2D eigenvalue weighted by atomic mass is 16.5. The summed E-state index contributed by atoms with van der Waals surface area (Å²) in [5.41, 5.74) is 2.39. The first-order valence-corrected chi connectivity index (χ1v) is 7.54. The third-order valence-corrected chi connectivity index (χ3v) is 4.06. The van der Waals surface area contributed by atoms with Crippen LogP contribution in [0.4, 0.5) is 0 Å². The number of aryl methyl sites for hydroxylation is 1. The molecule has 0 aliphatic heterocycles. The minimum atomic E-state index is 0.229. The number of nitrogens with one attached hydrogen (secondary N) is 2. The summed E-state index contributed by atoms with van der Waals surface area (Å²) in [4.78, 5) is 7.70. The van der Waals surface area contributed by atoms with Crippen molar-refractivity contribution in [3.8, 4) is 5.75 Å². The van der Waals surface area contributed by atoms with Gasteiger partial charge in [-0.05, 0) is 37.6 Å². The molecule has 3 aromatic rings. The van der Waals surface area contributed by atoms with Crippen LogP contribution in [0.1, 0.15) is 24.4 Å². The van der Waals surface area contributed by atoms with Crippen LogP contribution >= 0.6 is 0 Å². The topological polar surface area (TPSA) is 54.9 Å². The van der Waals surface area contributed by atoms with E-state index in [1.54, 1.807) is 7.11 Å². The average molecular weight is 298 g/mol. The maximum absolute atomic E-state index is 5.47. The Balaban J connectivity index is 1.68. The van der Waals surface area contributed by atoms with Gasteiger partial charge in [0.15, 0.2) is 0 Å². The van der Waals surface area contributed by atoms with E-state index >= 15 is 0 Å². The number of ether oxygens (including phenoxy) is 1. The van der Waals surface area contributed by atoms with Crippen LogP contribution in [0.2, 0.25) is 0 Å². The Labute approximate surface area is 130 Å². The summed E-state index contributed by atoms with van der Waals surface area (Å²) < 4.78 is 7.52. The van der Waals surface area contributed by atoms with Crippen molar-refractivity contribution < 1.29 is 4.74 Å². The lowest BCUT2D eigenvalue weighted by Crippen LogP contribution is -2.23. The molecular formula is C17H22N4O. The smallest absolute Gasteiger partial charge is 0.128 e. The fraction of sp³-hybridized carbons (Fsp3) is 0.353. The molecule has 5 heteroatoms. The van der Waals surface area contributed by atoms with Gasteiger partial charge in [-0.2, -0.15) is 0 Å². The molecule has 0 bridgehead atoms. The van der Waals surface area contributed by atoms with E-state index in [2.05, 4.69) is 34.5 Å². The van der Waals surface area contributed by atoms with Gasteiger partial charge >= 0.3 is 0 Å². The second-order valence-electron chi connectivity index (χ2n) is 5.52. The molecule has 0 fully saturated rings. The molecule has 0 aliphatic rings. The third-order valence-electron chi connectivity index (χ3n) is 4.06. The lowest BCUT2D eigenvalue weighted by atomic mass is 10.1. The van der Waals surface area contributed by atoms with Gasteiger partial charge in [-0.3, -0.25) is 0 Å². The van der Waals surface area contributed by atoms with Gasteiger partial charge in [-0.15, -0.1) is 0 Å². The van der Waals surface area contributed by atoms with Gasteiger partial charge in [0.05, 0.1) is 13.2 Å². The number of imidazole rings is 1. The Hall–Kier alpha value is -2.27. The molecule has 22 heavy (non-hydrogen) atoms. The van der Waals surface area contributed by atoms with Crippen LogP contribution in [0, 0.1) is 0 Å². The maximum Gasteiger partial charge on any atom is 0.128 e. The third kappa shape index (κ3) is 2.72. The van der Waals surface area contributed by atoms with Gasteiger partial charge in [0.25, 0.3) is 0 Å². The number of aromatic nitrogens is 3. The number of aromatic amines is 1. The number of rotatable bonds is 6. The van der Waals surface area contributed by atoms with Crippen molar-refractivity contribution >= 4 is 10.9 Å². The predicted molar refractivity (Wildman–Crippen MR) is 88.2 cm³/mol. The van der Waals surface area contributed by atoms with Crippen LogP contribution < -0.4 is 10.1 Å². The van der Waals surface area contributed by atoms with Crippen LogP contribution in [0.3, 0.4) is 0 Å². The van der Waals surface area contributed by atoms with Crippen LogP contribution in [0.15, 0.2) is 36.8 Å². The number of methoxy groups -OCH3 is 1. The summed E-state index contributed by atoms with van der Waals surface area (Å²) in [5, 5.41) is 4.71. The largest absolute Gasteiger partial charge is 0.496 e. The quantitative estimate of drug-likeness (QED) is 0.736. The summed E-state index contributed by atoms with van der Waals surface area (Å²) in [7, 11) is 3.73. The molecule has 116 valence electrons. The molecule has 0 saturated carbocycles. The van der Waals surface area contributed by atoms with E-state index < -0.39 is 0 Å². The van der Waals surface area contributed by atoms with Crippen molar-refractivity contribution in [2.75, 3.05) is 13.7 Å². The highest BCUT2D eigenvalue weighted by Gasteiger charge is 2.11. The summed E-state index contributed by atoms with van der Waals surface area (Å²) in [6.45, 7) is 3.02. The second kappa shape index (κ2) is 6.23. The second-order valence-corrected chi connectivity index (χ2v) is 5.52. The van der Waals surface area contributed by atoms with Crippen LogP contribution in [-0.2, 0) is 13.5 Å². The standard InChI is InChI=1S/C17H22N4O/c1-12(17-19-9-10-21(17)2)18-8-7-13-11-20-14-5-4-6-15(22-3)16(13)14/h4-6,9-12,18,20H,7-8H2,1-3H3/t12-/m1/s1. The number of nitrogens with zero attached hydrogens (tertiary/aromatic N) is 2. The fourth-order valence-corrected chi connectivity index (χ4v) is 2.90. The highest BCUT2D eigenvalue weighted by molar-refractivity contribution is 5.89. The molecule has 1 aromatic carbocycles. The van der Waals surface area contributed by atoms with Gasteiger partial charge in [0.2, 0.25) is 0 Å². The van der Waals surface area contributed by atoms with Gasteiger partial charge in [-0.25, -0.2) is 4.98 Å². The number of benzene rings is 1. The van der Waals surface area contributed by atoms with Gasteiger partial charge in [0.1, 0.15) is 11.6 Å². The molecule has 5 nitrogen and oxygen atoms in total. The Morgan fingerprint density at radius 1 is 1.41 bits per heavy atom. The van der Waals surface area contributed by atoms with Crippen LogP contribution in [0.25, 0.3) is 10.9 Å². The van der Waals surface area contributed by atoms with Crippen molar-refractivity contribution in [2.24, 2.45) is 7.05 Å². The zero-order chi connectivity index (χ0) is 15.5. The predicted octanol–water partition coefficient (Wildman–Crippen LogP) is 2.80. The fourth-order valence-electron chi connectivity index (χ4n) is 2.90. The first-order chi connectivity index (χ1) is 10.7. The Kier molecular flexibility index (Phi) is 4.15. The molecular weight excluding hydrogens is 276 g/mol. The van der Waals surface area contributed by atoms with Crippen molar-refractivity contribution in [3.05, 3.63) is 48.2 Å². The Bertz CT molecular complexity index is 759. The zero-order valence-electron chi connectivity index (χ0n) is 13.3. The molecule has 0 saturated heterocycles. The molecule has 2 aromatic heterocycles. The van der Waals surface area contributed by atoms with Gasteiger partial charge in [0, 0.05) is 36.5 Å². The number of hydrogen-bond donors (Lipinski definition) is 2. The Morgan fingerprint density at radius 3 is 3.00 bits per heavy atom. The molecule has 0 spiro atoms. The highest BCUT2D eigenvalue weighted by Crippen LogP contribution is 2.28. The molecule has 0 radical (unpaired) electrons. The van der Waals surface area contributed by atoms with E-state index in [1.165, 1.54) is 10.9 Å². The lowest BCUT2D eigenvalue weighted by molar-refractivity contribution is 0.419. The average Bonchev–Trinajstić information content (AvgIpc) is 3.13. The van der Waals surface area contributed by atoms with E-state index in [1.807, 2.05) is 36.1 Å². The normalized spacial score (nSPS) is 12.7. The zero-order valence-corrected chi connectivity index (χ0v) is 13.3. The molecule has 2 heterocycles. The number of H-pyrrole nitrogens is 1. The van der Waals surface area contributed by atoms with Gasteiger partial charge < -0.3 is 19.6 Å². The van der Waals surface area contributed by atoms with E-state index in [0.29, 0.717) is 0 Å². The minimum absolute atomic E-state index is 0.229. The molecule has 2 N–H and O–H groups in total. The van der Waals surface area contributed by atoms with E-state index in [4.69, 9.17) is 4.74 Å². The summed E-state index contributed by atoms with van der Waals surface area (Å²) in [5.74, 6) is 1.97. The molecule has 0 aliphatic carbocycles. The first kappa shape index (κ1) is 14.7. The van der Waals surface area contributed by atoms with Crippen molar-refractivity contribution in [3.63, 3.8) is 0 Å². The minimum Gasteiger partial charge on any atom is -0.496 e. The number of hydrogen-bond acceptors (Lipinski definition) is 3. The SMILES string of the molecule is COc1cccc2[nH]cc(CCN[C@H](C)c3nccn3C)c12. The summed E-state index contributed by atoms with van der Waals surface area (Å²) in [6, 6.07) is 6.31. The lowest BCUT2D eigenvalue weighted by Gasteiger charge is -2.13. The summed E-state index contributed by atoms with van der Waals surface area (Å²) >= 11 is 0. The Morgan fingerprint density at radius 2 is 2.27 bits per heavy atom. The van der Waals surface area contributed by atoms with Crippen molar-refractivity contribution in [1.82, 2.24) is 19.9 Å². The molecule has 3 rings (SSSR count). The molecule has 1 atom stereocenters. The van der Waals surface area contributed by atoms with Gasteiger partial charge in [-0.1, -0.05) is 6.07 Å². The monoisotopic (exact) mass is 298 g/mol. The van der Waals surface area contributed by atoms with E-state index in [9.17, 15) is 0 Å².